The molecule has 3 aromatic rings. The van der Waals surface area contributed by atoms with E-state index in [2.05, 4.69) is 10.6 Å². The number of imide groups is 1. The third-order valence-electron chi connectivity index (χ3n) is 4.27. The second-order valence-corrected chi connectivity index (χ2v) is 6.41. The predicted octanol–water partition coefficient (Wildman–Crippen LogP) is 4.05. The zero-order valence-corrected chi connectivity index (χ0v) is 16.2. The van der Waals surface area contributed by atoms with Crippen molar-refractivity contribution in [2.24, 2.45) is 0 Å². The van der Waals surface area contributed by atoms with Gasteiger partial charge in [-0.25, -0.2) is 4.79 Å². The van der Waals surface area contributed by atoms with Gasteiger partial charge in [0.25, 0.3) is 0 Å². The summed E-state index contributed by atoms with van der Waals surface area (Å²) in [5, 5.41) is 5.03. The van der Waals surface area contributed by atoms with E-state index in [4.69, 9.17) is 4.74 Å². The van der Waals surface area contributed by atoms with E-state index in [9.17, 15) is 9.59 Å². The number of hydrogen-bond acceptors (Lipinski definition) is 4. The van der Waals surface area contributed by atoms with Gasteiger partial charge in [-0.05, 0) is 42.0 Å². The van der Waals surface area contributed by atoms with Crippen LogP contribution in [0.25, 0.3) is 0 Å². The Hall–Kier alpha value is -3.80. The highest BCUT2D eigenvalue weighted by molar-refractivity contribution is 6.02. The fraction of sp³-hybridized carbons (Fsp3) is 0.130. The third-order valence-corrected chi connectivity index (χ3v) is 4.27. The SMILES string of the molecule is COc1ccc(N(CC(=O)NC(=O)Nc2ccccc2)Cc2ccccc2)cc1. The first kappa shape index (κ1) is 19.9. The number of ether oxygens (including phenoxy) is 1. The van der Waals surface area contributed by atoms with Gasteiger partial charge in [0.05, 0.1) is 13.7 Å². The van der Waals surface area contributed by atoms with E-state index in [0.29, 0.717) is 12.2 Å². The van der Waals surface area contributed by atoms with Gasteiger partial charge in [-0.3, -0.25) is 10.1 Å². The van der Waals surface area contributed by atoms with Crippen molar-refractivity contribution in [3.05, 3.63) is 90.5 Å². The molecule has 3 rings (SSSR count). The monoisotopic (exact) mass is 389 g/mol. The molecule has 2 N–H and O–H groups in total. The highest BCUT2D eigenvalue weighted by Gasteiger charge is 2.15. The number of anilines is 2. The predicted molar refractivity (Wildman–Crippen MR) is 114 cm³/mol. The van der Waals surface area contributed by atoms with Gasteiger partial charge in [-0.1, -0.05) is 48.5 Å². The number of benzene rings is 3. The summed E-state index contributed by atoms with van der Waals surface area (Å²) in [6.45, 7) is 0.560. The van der Waals surface area contributed by atoms with Crippen LogP contribution in [0.3, 0.4) is 0 Å². The van der Waals surface area contributed by atoms with Crippen LogP contribution in [0.2, 0.25) is 0 Å². The molecule has 0 fully saturated rings. The largest absolute Gasteiger partial charge is 0.497 e. The molecule has 0 radical (unpaired) electrons. The highest BCUT2D eigenvalue weighted by Crippen LogP contribution is 2.21. The van der Waals surface area contributed by atoms with Gasteiger partial charge in [0.1, 0.15) is 5.75 Å². The van der Waals surface area contributed by atoms with Gasteiger partial charge in [0.15, 0.2) is 0 Å². The first-order valence-corrected chi connectivity index (χ1v) is 9.23. The first-order valence-electron chi connectivity index (χ1n) is 9.23. The molecule has 6 nitrogen and oxygen atoms in total. The fourth-order valence-corrected chi connectivity index (χ4v) is 2.86. The minimum atomic E-state index is -0.560. The molecular formula is C23H23N3O3. The van der Waals surface area contributed by atoms with Gasteiger partial charge in [0, 0.05) is 17.9 Å². The molecule has 0 saturated heterocycles. The smallest absolute Gasteiger partial charge is 0.325 e. The number of hydrogen-bond donors (Lipinski definition) is 2. The minimum absolute atomic E-state index is 0.0312. The summed E-state index contributed by atoms with van der Waals surface area (Å²) in [6.07, 6.45) is 0. The van der Waals surface area contributed by atoms with E-state index in [1.807, 2.05) is 77.7 Å². The van der Waals surface area contributed by atoms with E-state index in [1.54, 1.807) is 19.2 Å². The molecule has 3 aromatic carbocycles. The van der Waals surface area contributed by atoms with Crippen molar-refractivity contribution in [1.29, 1.82) is 0 Å². The van der Waals surface area contributed by atoms with Crippen LogP contribution in [0, 0.1) is 0 Å². The molecule has 0 aliphatic rings. The van der Waals surface area contributed by atoms with E-state index >= 15 is 0 Å². The van der Waals surface area contributed by atoms with Crippen molar-refractivity contribution in [1.82, 2.24) is 5.32 Å². The molecule has 0 aromatic heterocycles. The average Bonchev–Trinajstić information content (AvgIpc) is 2.74. The molecule has 29 heavy (non-hydrogen) atoms. The van der Waals surface area contributed by atoms with Gasteiger partial charge in [0.2, 0.25) is 5.91 Å². The lowest BCUT2D eigenvalue weighted by Gasteiger charge is -2.24. The molecular weight excluding hydrogens is 366 g/mol. The Bertz CT molecular complexity index is 929. The Labute approximate surface area is 170 Å². The van der Waals surface area contributed by atoms with Crippen molar-refractivity contribution in [2.75, 3.05) is 23.9 Å². The van der Waals surface area contributed by atoms with E-state index in [1.165, 1.54) is 0 Å². The summed E-state index contributed by atoms with van der Waals surface area (Å²) in [4.78, 5) is 26.5. The number of carbonyl (C=O) groups excluding carboxylic acids is 2. The lowest BCUT2D eigenvalue weighted by Crippen LogP contribution is -2.41. The molecule has 0 heterocycles. The molecule has 0 unspecified atom stereocenters. The second kappa shape index (κ2) is 9.94. The van der Waals surface area contributed by atoms with E-state index in [0.717, 1.165) is 17.0 Å². The Morgan fingerprint density at radius 3 is 2.10 bits per heavy atom. The molecule has 0 bridgehead atoms. The van der Waals surface area contributed by atoms with Crippen molar-refractivity contribution < 1.29 is 14.3 Å². The van der Waals surface area contributed by atoms with Crippen LogP contribution < -0.4 is 20.3 Å². The van der Waals surface area contributed by atoms with Crippen molar-refractivity contribution in [3.8, 4) is 5.75 Å². The Morgan fingerprint density at radius 1 is 0.862 bits per heavy atom. The number of nitrogens with one attached hydrogen (secondary N) is 2. The quantitative estimate of drug-likeness (QED) is 0.640. The molecule has 0 spiro atoms. The Kier molecular flexibility index (Phi) is 6.84. The number of nitrogens with zero attached hydrogens (tertiary/aromatic N) is 1. The lowest BCUT2D eigenvalue weighted by molar-refractivity contribution is -0.118. The zero-order chi connectivity index (χ0) is 20.5. The topological polar surface area (TPSA) is 70.7 Å². The zero-order valence-electron chi connectivity index (χ0n) is 16.2. The van der Waals surface area contributed by atoms with Crippen molar-refractivity contribution in [2.45, 2.75) is 6.54 Å². The number of amides is 3. The van der Waals surface area contributed by atoms with Crippen LogP contribution in [-0.2, 0) is 11.3 Å². The summed E-state index contributed by atoms with van der Waals surface area (Å²) < 4.78 is 5.21. The number of rotatable bonds is 7. The summed E-state index contributed by atoms with van der Waals surface area (Å²) in [5.74, 6) is 0.338. The molecule has 0 saturated carbocycles. The van der Waals surface area contributed by atoms with E-state index < -0.39 is 11.9 Å². The van der Waals surface area contributed by atoms with Crippen LogP contribution in [0.1, 0.15) is 5.56 Å². The molecule has 3 amide bonds. The van der Waals surface area contributed by atoms with Crippen molar-refractivity contribution >= 4 is 23.3 Å². The molecule has 0 atom stereocenters. The second-order valence-electron chi connectivity index (χ2n) is 6.41. The van der Waals surface area contributed by atoms with Crippen LogP contribution >= 0.6 is 0 Å². The first-order chi connectivity index (χ1) is 14.1. The molecule has 148 valence electrons. The van der Waals surface area contributed by atoms with Crippen LogP contribution in [0.5, 0.6) is 5.75 Å². The number of carbonyl (C=O) groups is 2. The van der Waals surface area contributed by atoms with Gasteiger partial charge < -0.3 is 15.0 Å². The maximum Gasteiger partial charge on any atom is 0.325 e. The summed E-state index contributed by atoms with van der Waals surface area (Å²) in [6, 6.07) is 25.7. The van der Waals surface area contributed by atoms with Crippen LogP contribution in [0.15, 0.2) is 84.9 Å². The summed E-state index contributed by atoms with van der Waals surface area (Å²) >= 11 is 0. The van der Waals surface area contributed by atoms with Gasteiger partial charge >= 0.3 is 6.03 Å². The lowest BCUT2D eigenvalue weighted by atomic mass is 10.2. The Morgan fingerprint density at radius 2 is 1.48 bits per heavy atom. The molecule has 0 aliphatic heterocycles. The number of para-hydroxylation sites is 1. The van der Waals surface area contributed by atoms with E-state index in [-0.39, 0.29) is 6.54 Å². The number of methoxy groups -OCH3 is 1. The molecule has 6 heteroatoms. The van der Waals surface area contributed by atoms with Crippen LogP contribution in [-0.4, -0.2) is 25.6 Å². The number of urea groups is 1. The summed E-state index contributed by atoms with van der Waals surface area (Å²) in [5.41, 5.74) is 2.53. The summed E-state index contributed by atoms with van der Waals surface area (Å²) in [7, 11) is 1.61. The maximum absolute atomic E-state index is 12.5. The fourth-order valence-electron chi connectivity index (χ4n) is 2.86. The maximum atomic E-state index is 12.5. The molecule has 0 aliphatic carbocycles. The third kappa shape index (κ3) is 6.10. The minimum Gasteiger partial charge on any atom is -0.497 e. The Balaban J connectivity index is 1.68. The van der Waals surface area contributed by atoms with Crippen LogP contribution in [0.4, 0.5) is 16.2 Å². The normalized spacial score (nSPS) is 10.1. The van der Waals surface area contributed by atoms with Gasteiger partial charge in [-0.15, -0.1) is 0 Å². The standard InChI is InChI=1S/C23H23N3O3/c1-29-21-14-12-20(13-15-21)26(16-18-8-4-2-5-9-18)17-22(27)25-23(28)24-19-10-6-3-7-11-19/h2-15H,16-17H2,1H3,(H2,24,25,27,28). The average molecular weight is 389 g/mol. The van der Waals surface area contributed by atoms with Crippen molar-refractivity contribution in [3.63, 3.8) is 0 Å². The highest BCUT2D eigenvalue weighted by atomic mass is 16.5. The van der Waals surface area contributed by atoms with Gasteiger partial charge in [-0.2, -0.15) is 0 Å².